The van der Waals surface area contributed by atoms with E-state index >= 15 is 0 Å². The fourth-order valence-electron chi connectivity index (χ4n) is 7.06. The molecule has 1 aliphatic rings. The van der Waals surface area contributed by atoms with E-state index in [2.05, 4.69) is 141 Å². The van der Waals surface area contributed by atoms with Crippen molar-refractivity contribution >= 4 is 33.2 Å². The smallest absolute Gasteiger partial charge is 0.0668 e. The Morgan fingerprint density at radius 2 is 1.20 bits per heavy atom. The Bertz CT molecular complexity index is 2210. The molecule has 0 saturated carbocycles. The molecule has 0 atom stereocenters. The zero-order chi connectivity index (χ0) is 31.3. The van der Waals surface area contributed by atoms with Gasteiger partial charge in [-0.15, -0.1) is 0 Å². The lowest BCUT2D eigenvalue weighted by Crippen LogP contribution is -2.10. The summed E-state index contributed by atoms with van der Waals surface area (Å²) < 4.78 is 0. The maximum atomic E-state index is 4.76. The molecule has 0 radical (unpaired) electrons. The largest absolute Gasteiger partial charge is 0.264 e. The first kappa shape index (κ1) is 28.2. The standard InChI is InChI=1S/C44H36N2/c1-44(2,3)36-20-18-29(19-21-36)42-37-10-4-6-12-39(37)43(40-13-7-5-11-38(40)42)34-17-15-30-25-33(16-14-31(30)26-34)41-27-32(22-24-46-41)35-9-8-23-45-28-35/h4-13,15,17-28H,14,16H2,1-3H3. The lowest BCUT2D eigenvalue weighted by molar-refractivity contribution is 0.590. The fraction of sp³-hybridized carbons (Fsp3) is 0.136. The molecule has 2 heteroatoms. The molecule has 0 unspecified atom stereocenters. The second kappa shape index (κ2) is 11.2. The Morgan fingerprint density at radius 1 is 0.543 bits per heavy atom. The van der Waals surface area contributed by atoms with Crippen molar-refractivity contribution in [1.29, 1.82) is 0 Å². The molecule has 5 aromatic carbocycles. The van der Waals surface area contributed by atoms with Crippen molar-refractivity contribution in [3.63, 3.8) is 0 Å². The maximum Gasteiger partial charge on any atom is 0.0668 e. The van der Waals surface area contributed by atoms with Crippen LogP contribution in [0.2, 0.25) is 0 Å². The molecule has 0 saturated heterocycles. The van der Waals surface area contributed by atoms with Gasteiger partial charge in [0.1, 0.15) is 0 Å². The summed E-state index contributed by atoms with van der Waals surface area (Å²) in [7, 11) is 0. The van der Waals surface area contributed by atoms with Crippen LogP contribution in [0.3, 0.4) is 0 Å². The first-order valence-electron chi connectivity index (χ1n) is 16.2. The van der Waals surface area contributed by atoms with Crippen LogP contribution in [0.4, 0.5) is 0 Å². The minimum atomic E-state index is 0.120. The summed E-state index contributed by atoms with van der Waals surface area (Å²) in [5, 5.41) is 5.16. The lowest BCUT2D eigenvalue weighted by Gasteiger charge is -2.22. The zero-order valence-corrected chi connectivity index (χ0v) is 26.6. The molecule has 2 nitrogen and oxygen atoms in total. The number of fused-ring (bicyclic) bond motifs is 3. The van der Waals surface area contributed by atoms with Crippen LogP contribution in [-0.2, 0) is 11.8 Å². The van der Waals surface area contributed by atoms with Gasteiger partial charge in [0.05, 0.1) is 5.69 Å². The van der Waals surface area contributed by atoms with E-state index in [1.54, 1.807) is 0 Å². The van der Waals surface area contributed by atoms with Crippen LogP contribution >= 0.6 is 0 Å². The third-order valence-electron chi connectivity index (χ3n) is 9.48. The summed E-state index contributed by atoms with van der Waals surface area (Å²) >= 11 is 0. The Kier molecular flexibility index (Phi) is 6.87. The number of allylic oxidation sites excluding steroid dienone is 1. The highest BCUT2D eigenvalue weighted by atomic mass is 14.7. The molecule has 46 heavy (non-hydrogen) atoms. The first-order valence-corrected chi connectivity index (χ1v) is 16.2. The van der Waals surface area contributed by atoms with Gasteiger partial charge in [-0.1, -0.05) is 118 Å². The number of aromatic nitrogens is 2. The van der Waals surface area contributed by atoms with Gasteiger partial charge in [-0.2, -0.15) is 0 Å². The SMILES string of the molecule is CC(C)(C)c1ccc(-c2c3ccccc3c(-c3ccc4c(c3)CCC(c3cc(-c5cccnc5)ccn3)=C4)c3ccccc23)cc1. The molecule has 1 aliphatic carbocycles. The molecule has 7 aromatic rings. The topological polar surface area (TPSA) is 25.8 Å². The number of hydrogen-bond acceptors (Lipinski definition) is 2. The van der Waals surface area contributed by atoms with Crippen molar-refractivity contribution in [3.8, 4) is 33.4 Å². The number of nitrogens with zero attached hydrogens (tertiary/aromatic N) is 2. The van der Waals surface area contributed by atoms with E-state index < -0.39 is 0 Å². The van der Waals surface area contributed by atoms with Gasteiger partial charge in [0.25, 0.3) is 0 Å². The van der Waals surface area contributed by atoms with Crippen molar-refractivity contribution in [2.75, 3.05) is 0 Å². The van der Waals surface area contributed by atoms with Gasteiger partial charge in [0.2, 0.25) is 0 Å². The van der Waals surface area contributed by atoms with Gasteiger partial charge in [-0.3, -0.25) is 9.97 Å². The van der Waals surface area contributed by atoms with Crippen molar-refractivity contribution in [1.82, 2.24) is 9.97 Å². The van der Waals surface area contributed by atoms with Crippen LogP contribution in [0.15, 0.2) is 134 Å². The highest BCUT2D eigenvalue weighted by Crippen LogP contribution is 2.45. The average molecular weight is 593 g/mol. The second-order valence-electron chi connectivity index (χ2n) is 13.4. The number of rotatable bonds is 4. The van der Waals surface area contributed by atoms with Crippen LogP contribution < -0.4 is 0 Å². The maximum absolute atomic E-state index is 4.76. The molecule has 0 spiro atoms. The summed E-state index contributed by atoms with van der Waals surface area (Å²) in [5.74, 6) is 0. The highest BCUT2D eigenvalue weighted by Gasteiger charge is 2.20. The molecular weight excluding hydrogens is 556 g/mol. The molecule has 222 valence electrons. The fourth-order valence-corrected chi connectivity index (χ4v) is 7.06. The third kappa shape index (κ3) is 5.01. The Balaban J connectivity index is 1.23. The van der Waals surface area contributed by atoms with E-state index in [0.717, 1.165) is 29.7 Å². The van der Waals surface area contributed by atoms with Gasteiger partial charge >= 0.3 is 0 Å². The molecule has 0 bridgehead atoms. The first-order chi connectivity index (χ1) is 22.4. The van der Waals surface area contributed by atoms with Crippen LogP contribution in [0.25, 0.3) is 66.6 Å². The summed E-state index contributed by atoms with van der Waals surface area (Å²) in [6.45, 7) is 6.82. The summed E-state index contributed by atoms with van der Waals surface area (Å²) in [6, 6.07) is 42.4. The van der Waals surface area contributed by atoms with Crippen molar-refractivity contribution < 1.29 is 0 Å². The van der Waals surface area contributed by atoms with Gasteiger partial charge in [0.15, 0.2) is 0 Å². The van der Waals surface area contributed by atoms with Crippen LogP contribution in [-0.4, -0.2) is 9.97 Å². The monoisotopic (exact) mass is 592 g/mol. The second-order valence-corrected chi connectivity index (χ2v) is 13.4. The predicted molar refractivity (Wildman–Crippen MR) is 195 cm³/mol. The molecule has 0 aliphatic heterocycles. The number of hydrogen-bond donors (Lipinski definition) is 0. The van der Waals surface area contributed by atoms with Crippen molar-refractivity contribution in [2.24, 2.45) is 0 Å². The molecule has 0 amide bonds. The van der Waals surface area contributed by atoms with E-state index in [0.29, 0.717) is 0 Å². The van der Waals surface area contributed by atoms with E-state index in [4.69, 9.17) is 4.98 Å². The van der Waals surface area contributed by atoms with E-state index in [9.17, 15) is 0 Å². The summed E-state index contributed by atoms with van der Waals surface area (Å²) in [6.07, 6.45) is 9.92. The number of pyridine rings is 2. The van der Waals surface area contributed by atoms with E-state index in [1.807, 2.05) is 24.7 Å². The molecule has 2 aromatic heterocycles. The molecule has 8 rings (SSSR count). The number of aryl methyl sites for hydroxylation is 1. The quantitative estimate of drug-likeness (QED) is 0.190. The normalized spacial score (nSPS) is 13.1. The Hall–Kier alpha value is -5.34. The van der Waals surface area contributed by atoms with Gasteiger partial charge < -0.3 is 0 Å². The third-order valence-corrected chi connectivity index (χ3v) is 9.48. The van der Waals surface area contributed by atoms with Gasteiger partial charge in [-0.05, 0) is 114 Å². The lowest BCUT2D eigenvalue weighted by atomic mass is 9.82. The van der Waals surface area contributed by atoms with Gasteiger partial charge in [0, 0.05) is 24.2 Å². The predicted octanol–water partition coefficient (Wildman–Crippen LogP) is 11.6. The van der Waals surface area contributed by atoms with Gasteiger partial charge in [-0.25, -0.2) is 0 Å². The van der Waals surface area contributed by atoms with E-state index in [1.165, 1.54) is 66.1 Å². The van der Waals surface area contributed by atoms with Crippen LogP contribution in [0.5, 0.6) is 0 Å². The number of benzene rings is 5. The molecular formula is C44H36N2. The Morgan fingerprint density at radius 3 is 1.83 bits per heavy atom. The molecule has 0 N–H and O–H groups in total. The van der Waals surface area contributed by atoms with E-state index in [-0.39, 0.29) is 5.41 Å². The molecule has 0 fully saturated rings. The van der Waals surface area contributed by atoms with Crippen LogP contribution in [0.1, 0.15) is 49.6 Å². The molecule has 2 heterocycles. The summed E-state index contributed by atoms with van der Waals surface area (Å²) in [5.41, 5.74) is 13.9. The van der Waals surface area contributed by atoms with Crippen molar-refractivity contribution in [2.45, 2.75) is 39.0 Å². The van der Waals surface area contributed by atoms with Crippen LogP contribution in [0, 0.1) is 0 Å². The minimum Gasteiger partial charge on any atom is -0.264 e. The van der Waals surface area contributed by atoms with Crippen molar-refractivity contribution in [3.05, 3.63) is 156 Å². The minimum absolute atomic E-state index is 0.120. The Labute approximate surface area is 271 Å². The zero-order valence-electron chi connectivity index (χ0n) is 26.6. The highest BCUT2D eigenvalue weighted by molar-refractivity contribution is 6.21. The average Bonchev–Trinajstić information content (AvgIpc) is 3.10. The summed E-state index contributed by atoms with van der Waals surface area (Å²) in [4.78, 5) is 9.06.